The molecule has 1 fully saturated rings. The molecule has 0 amide bonds. The number of carbonyl (C=O) groups excluding carboxylic acids is 3. The number of allylic oxidation sites excluding steroid dienone is 1. The minimum Gasteiger partial charge on any atom is -0.300 e. The van der Waals surface area contributed by atoms with E-state index in [1.807, 2.05) is 58.9 Å². The molecular weight excluding hydrogens is 336 g/mol. The van der Waals surface area contributed by atoms with E-state index in [1.54, 1.807) is 0 Å². The van der Waals surface area contributed by atoms with Crippen LogP contribution in [0.4, 0.5) is 0 Å². The second-order valence-corrected chi connectivity index (χ2v) is 6.88. The van der Waals surface area contributed by atoms with Crippen molar-refractivity contribution < 1.29 is 14.4 Å². The summed E-state index contributed by atoms with van der Waals surface area (Å²) >= 11 is 0. The van der Waals surface area contributed by atoms with E-state index in [-0.39, 0.29) is 30.2 Å². The third kappa shape index (κ3) is 6.89. The van der Waals surface area contributed by atoms with Crippen molar-refractivity contribution in [1.29, 1.82) is 0 Å². The molecule has 1 saturated carbocycles. The average Bonchev–Trinajstić information content (AvgIpc) is 2.84. The Morgan fingerprint density at radius 2 is 1.59 bits per heavy atom. The zero-order valence-corrected chi connectivity index (χ0v) is 18.3. The Kier molecular flexibility index (Phi) is 11.4. The van der Waals surface area contributed by atoms with Crippen molar-refractivity contribution in [3.8, 4) is 0 Å². The molecule has 0 saturated heterocycles. The number of rotatable bonds is 4. The van der Waals surface area contributed by atoms with E-state index in [9.17, 15) is 14.4 Å². The average molecular weight is 373 g/mol. The van der Waals surface area contributed by atoms with Crippen LogP contribution >= 0.6 is 0 Å². The van der Waals surface area contributed by atoms with Gasteiger partial charge in [-0.2, -0.15) is 0 Å². The molecule has 3 heteroatoms. The highest BCUT2D eigenvalue weighted by atomic mass is 16.2. The van der Waals surface area contributed by atoms with Crippen LogP contribution in [-0.4, -0.2) is 17.3 Å². The molecule has 2 rings (SSSR count). The van der Waals surface area contributed by atoms with E-state index in [4.69, 9.17) is 0 Å². The fraction of sp³-hybridized carbons (Fsp3) is 0.542. The van der Waals surface area contributed by atoms with Gasteiger partial charge < -0.3 is 4.79 Å². The number of Topliss-reactive ketones (excluding diaryl/α,β-unsaturated/α-hetero) is 3. The first-order valence-corrected chi connectivity index (χ1v) is 10.1. The first-order chi connectivity index (χ1) is 12.8. The Hall–Kier alpha value is -2.03. The fourth-order valence-corrected chi connectivity index (χ4v) is 3.43. The molecule has 150 valence electrons. The zero-order chi connectivity index (χ0) is 21.1. The third-order valence-corrected chi connectivity index (χ3v) is 4.25. The van der Waals surface area contributed by atoms with Gasteiger partial charge in [0.2, 0.25) is 0 Å². The molecule has 27 heavy (non-hydrogen) atoms. The largest absolute Gasteiger partial charge is 0.300 e. The van der Waals surface area contributed by atoms with Gasteiger partial charge in [-0.15, -0.1) is 0 Å². The topological polar surface area (TPSA) is 51.2 Å². The molecule has 0 N–H and O–H groups in total. The quantitative estimate of drug-likeness (QED) is 0.609. The highest BCUT2D eigenvalue weighted by molar-refractivity contribution is 6.15. The standard InChI is InChI=1S/C19H22O3.C3H8.C2H6/c1-5-6-14-7-11(2)17(12(3)8-14)18-16(21)10-15(19(18)22)9-13(4)20;1-3-2;1-2/h5-8,15,18H,9-10H2,1-4H3;3H2,1-2H3;1-2H3/b6-5+;;. The van der Waals surface area contributed by atoms with Gasteiger partial charge in [-0.3, -0.25) is 9.59 Å². The Morgan fingerprint density at radius 3 is 2.00 bits per heavy atom. The van der Waals surface area contributed by atoms with Crippen LogP contribution in [0.2, 0.25) is 0 Å². The lowest BCUT2D eigenvalue weighted by Gasteiger charge is -2.16. The minimum absolute atomic E-state index is 0.0383. The molecule has 0 aliphatic heterocycles. The molecule has 2 unspecified atom stereocenters. The van der Waals surface area contributed by atoms with E-state index in [0.717, 1.165) is 22.3 Å². The molecule has 1 aromatic rings. The SMILES string of the molecule is C/C=C/c1cc(C)c(C2C(=O)CC(CC(C)=O)C2=O)c(C)c1.CC.CCC. The number of hydrogen-bond acceptors (Lipinski definition) is 3. The first-order valence-electron chi connectivity index (χ1n) is 10.1. The number of hydrogen-bond donors (Lipinski definition) is 0. The van der Waals surface area contributed by atoms with Crippen molar-refractivity contribution in [3.05, 3.63) is 40.5 Å². The molecule has 2 atom stereocenters. The zero-order valence-electron chi connectivity index (χ0n) is 18.3. The normalized spacial score (nSPS) is 18.7. The lowest BCUT2D eigenvalue weighted by molar-refractivity contribution is -0.127. The fourth-order valence-electron chi connectivity index (χ4n) is 3.43. The predicted molar refractivity (Wildman–Crippen MR) is 114 cm³/mol. The van der Waals surface area contributed by atoms with Crippen molar-refractivity contribution in [3.63, 3.8) is 0 Å². The summed E-state index contributed by atoms with van der Waals surface area (Å²) < 4.78 is 0. The summed E-state index contributed by atoms with van der Waals surface area (Å²) in [4.78, 5) is 36.2. The van der Waals surface area contributed by atoms with Gasteiger partial charge in [0.15, 0.2) is 5.78 Å². The lowest BCUT2D eigenvalue weighted by Crippen LogP contribution is -2.18. The number of ketones is 3. The van der Waals surface area contributed by atoms with Crippen molar-refractivity contribution in [2.45, 2.75) is 80.6 Å². The van der Waals surface area contributed by atoms with Crippen LogP contribution < -0.4 is 0 Å². The molecule has 1 aromatic carbocycles. The second kappa shape index (κ2) is 12.4. The van der Waals surface area contributed by atoms with Crippen molar-refractivity contribution in [2.75, 3.05) is 0 Å². The summed E-state index contributed by atoms with van der Waals surface area (Å²) in [7, 11) is 0. The van der Waals surface area contributed by atoms with Gasteiger partial charge in [0.25, 0.3) is 0 Å². The van der Waals surface area contributed by atoms with Gasteiger partial charge in [0, 0.05) is 18.8 Å². The first kappa shape index (κ1) is 25.0. The molecule has 0 aromatic heterocycles. The monoisotopic (exact) mass is 372 g/mol. The van der Waals surface area contributed by atoms with Gasteiger partial charge in [0.05, 0.1) is 0 Å². The Labute approximate surface area is 165 Å². The summed E-state index contributed by atoms with van der Waals surface area (Å²) in [6.07, 6.45) is 5.58. The van der Waals surface area contributed by atoms with Crippen LogP contribution in [0, 0.1) is 19.8 Å². The maximum absolute atomic E-state index is 12.6. The second-order valence-electron chi connectivity index (χ2n) is 6.88. The predicted octanol–water partition coefficient (Wildman–Crippen LogP) is 6.00. The molecule has 1 aliphatic carbocycles. The lowest BCUT2D eigenvalue weighted by atomic mass is 9.86. The number of benzene rings is 1. The number of aryl methyl sites for hydroxylation is 2. The van der Waals surface area contributed by atoms with Gasteiger partial charge in [-0.05, 0) is 49.9 Å². The summed E-state index contributed by atoms with van der Waals surface area (Å²) in [6.45, 7) is 15.5. The van der Waals surface area contributed by atoms with E-state index < -0.39 is 11.8 Å². The van der Waals surface area contributed by atoms with E-state index >= 15 is 0 Å². The van der Waals surface area contributed by atoms with E-state index in [0.29, 0.717) is 0 Å². The van der Waals surface area contributed by atoms with Crippen LogP contribution in [0.1, 0.15) is 89.0 Å². The van der Waals surface area contributed by atoms with E-state index in [2.05, 4.69) is 13.8 Å². The van der Waals surface area contributed by atoms with Crippen LogP contribution in [0.15, 0.2) is 18.2 Å². The van der Waals surface area contributed by atoms with Crippen LogP contribution in [0.25, 0.3) is 6.08 Å². The molecular formula is C24H36O3. The van der Waals surface area contributed by atoms with Crippen LogP contribution in [0.3, 0.4) is 0 Å². The Bertz CT molecular complexity index is 660. The molecule has 3 nitrogen and oxygen atoms in total. The summed E-state index contributed by atoms with van der Waals surface area (Å²) in [5.74, 6) is -1.32. The van der Waals surface area contributed by atoms with Crippen molar-refractivity contribution >= 4 is 23.4 Å². The third-order valence-electron chi connectivity index (χ3n) is 4.25. The summed E-state index contributed by atoms with van der Waals surface area (Å²) in [5, 5.41) is 0. The highest BCUT2D eigenvalue weighted by Gasteiger charge is 2.43. The summed E-state index contributed by atoms with van der Waals surface area (Å²) in [5.41, 5.74) is 3.82. The van der Waals surface area contributed by atoms with Gasteiger partial charge in [-0.25, -0.2) is 0 Å². The molecule has 0 spiro atoms. The van der Waals surface area contributed by atoms with E-state index in [1.165, 1.54) is 13.3 Å². The van der Waals surface area contributed by atoms with Crippen LogP contribution in [0.5, 0.6) is 0 Å². The minimum atomic E-state index is -0.691. The van der Waals surface area contributed by atoms with Gasteiger partial charge in [-0.1, -0.05) is 58.4 Å². The Morgan fingerprint density at radius 1 is 1.11 bits per heavy atom. The highest BCUT2D eigenvalue weighted by Crippen LogP contribution is 2.37. The van der Waals surface area contributed by atoms with Gasteiger partial charge >= 0.3 is 0 Å². The molecule has 0 bridgehead atoms. The Balaban J connectivity index is 0.00000123. The molecule has 0 radical (unpaired) electrons. The number of carbonyl (C=O) groups is 3. The van der Waals surface area contributed by atoms with Crippen LogP contribution in [-0.2, 0) is 14.4 Å². The smallest absolute Gasteiger partial charge is 0.151 e. The molecule has 0 heterocycles. The maximum Gasteiger partial charge on any atom is 0.151 e. The summed E-state index contributed by atoms with van der Waals surface area (Å²) in [6, 6.07) is 4.00. The van der Waals surface area contributed by atoms with Crippen molar-refractivity contribution in [2.24, 2.45) is 5.92 Å². The maximum atomic E-state index is 12.6. The molecule has 1 aliphatic rings. The van der Waals surface area contributed by atoms with Gasteiger partial charge in [0.1, 0.15) is 17.5 Å². The van der Waals surface area contributed by atoms with Crippen molar-refractivity contribution in [1.82, 2.24) is 0 Å².